The van der Waals surface area contributed by atoms with E-state index in [4.69, 9.17) is 9.90 Å². The van der Waals surface area contributed by atoms with Crippen LogP contribution in [0.2, 0.25) is 0 Å². The molecule has 9 nitrogen and oxygen atoms in total. The van der Waals surface area contributed by atoms with E-state index in [2.05, 4.69) is 10.3 Å². The van der Waals surface area contributed by atoms with E-state index in [9.17, 15) is 26.4 Å². The van der Waals surface area contributed by atoms with Gasteiger partial charge < -0.3 is 10.4 Å². The minimum atomic E-state index is -5.08. The Bertz CT molecular complexity index is 1200. The highest BCUT2D eigenvalue weighted by Crippen LogP contribution is 2.36. The van der Waals surface area contributed by atoms with E-state index < -0.39 is 22.2 Å². The third-order valence-electron chi connectivity index (χ3n) is 5.99. The second-order valence-corrected chi connectivity index (χ2v) is 10.4. The Morgan fingerprint density at radius 2 is 1.79 bits per heavy atom. The smallest absolute Gasteiger partial charge is 0.475 e. The first kappa shape index (κ1) is 24.2. The molecule has 13 heteroatoms. The molecule has 2 aromatic rings. The van der Waals surface area contributed by atoms with Crippen LogP contribution >= 0.6 is 0 Å². The van der Waals surface area contributed by atoms with Gasteiger partial charge in [-0.15, -0.1) is 0 Å². The number of rotatable bonds is 4. The Balaban J connectivity index is 0.000000344. The molecule has 2 heterocycles. The van der Waals surface area contributed by atoms with Crippen molar-refractivity contribution < 1.29 is 36.3 Å². The number of para-hydroxylation sites is 1. The molecule has 0 atom stereocenters. The summed E-state index contributed by atoms with van der Waals surface area (Å²) in [5, 5.41) is 10.1. The van der Waals surface area contributed by atoms with E-state index >= 15 is 0 Å². The number of benzene rings is 1. The average molecular weight is 500 g/mol. The van der Waals surface area contributed by atoms with Crippen LogP contribution < -0.4 is 5.32 Å². The number of aromatic nitrogens is 2. The topological polar surface area (TPSA) is 122 Å². The number of imidazole rings is 1. The number of alkyl halides is 3. The Hall–Kier alpha value is -2.93. The highest BCUT2D eigenvalue weighted by molar-refractivity contribution is 7.89. The van der Waals surface area contributed by atoms with Crippen LogP contribution in [0.3, 0.4) is 0 Å². The van der Waals surface area contributed by atoms with Crippen LogP contribution in [0.15, 0.2) is 35.5 Å². The summed E-state index contributed by atoms with van der Waals surface area (Å²) in [6, 6.07) is 7.15. The summed E-state index contributed by atoms with van der Waals surface area (Å²) in [7, 11) is -3.62. The van der Waals surface area contributed by atoms with Gasteiger partial charge in [0, 0.05) is 12.6 Å². The van der Waals surface area contributed by atoms with E-state index in [-0.39, 0.29) is 23.4 Å². The predicted molar refractivity (Wildman–Crippen MR) is 113 cm³/mol. The number of hydrogen-bond donors (Lipinski definition) is 2. The molecular weight excluding hydrogens is 477 g/mol. The van der Waals surface area contributed by atoms with Crippen LogP contribution in [0.25, 0.3) is 5.69 Å². The SMILES string of the molecule is O=C(NC1CCC1)c1ncn2c1CN(CC1CC1)S(=O)(=O)c1ccccc1-2.O=C(O)C(F)(F)F. The van der Waals surface area contributed by atoms with Crippen molar-refractivity contribution in [3.63, 3.8) is 0 Å². The van der Waals surface area contributed by atoms with Gasteiger partial charge in [0.05, 0.1) is 17.9 Å². The van der Waals surface area contributed by atoms with Gasteiger partial charge in [-0.3, -0.25) is 9.36 Å². The number of nitrogens with zero attached hydrogens (tertiary/aromatic N) is 3. The quantitative estimate of drug-likeness (QED) is 0.666. The lowest BCUT2D eigenvalue weighted by Crippen LogP contribution is -2.40. The maximum absolute atomic E-state index is 13.3. The average Bonchev–Trinajstić information content (AvgIpc) is 3.47. The van der Waals surface area contributed by atoms with Gasteiger partial charge in [0.15, 0.2) is 5.69 Å². The minimum absolute atomic E-state index is 0.168. The van der Waals surface area contributed by atoms with Crippen molar-refractivity contribution in [1.82, 2.24) is 19.2 Å². The number of halogens is 3. The van der Waals surface area contributed by atoms with Crippen LogP contribution in [-0.2, 0) is 21.4 Å². The second-order valence-electron chi connectivity index (χ2n) is 8.52. The van der Waals surface area contributed by atoms with E-state index in [0.717, 1.165) is 32.1 Å². The number of carbonyl (C=O) groups excluding carboxylic acids is 1. The number of carboxylic acids is 1. The van der Waals surface area contributed by atoms with Crippen LogP contribution in [0, 0.1) is 5.92 Å². The molecule has 3 aliphatic rings. The normalized spacial score (nSPS) is 19.5. The summed E-state index contributed by atoms with van der Waals surface area (Å²) in [6.07, 6.45) is 1.72. The number of nitrogens with one attached hydrogen (secondary N) is 1. The van der Waals surface area contributed by atoms with Crippen LogP contribution in [0.5, 0.6) is 0 Å². The molecule has 0 spiro atoms. The molecule has 2 fully saturated rings. The number of fused-ring (bicyclic) bond motifs is 3. The zero-order valence-corrected chi connectivity index (χ0v) is 18.8. The molecule has 184 valence electrons. The third-order valence-corrected chi connectivity index (χ3v) is 7.85. The monoisotopic (exact) mass is 500 g/mol. The summed E-state index contributed by atoms with van der Waals surface area (Å²) in [5.41, 5.74) is 1.52. The lowest BCUT2D eigenvalue weighted by atomic mass is 9.93. The van der Waals surface area contributed by atoms with E-state index in [0.29, 0.717) is 29.5 Å². The standard InChI is InChI=1S/C19H22N4O3S.C2HF3O2/c24-19(21-14-4-3-5-14)18-16-11-22(10-13-8-9-13)27(25,26)17-7-2-1-6-15(17)23(16)12-20-18;3-2(4,5)1(6)7/h1-2,6-7,12-14H,3-5,8-11H2,(H,21,24);(H,6,7). The molecule has 2 N–H and O–H groups in total. The number of amides is 1. The molecule has 1 aromatic carbocycles. The van der Waals surface area contributed by atoms with Crippen molar-refractivity contribution in [1.29, 1.82) is 0 Å². The minimum Gasteiger partial charge on any atom is -0.475 e. The van der Waals surface area contributed by atoms with Gasteiger partial charge in [-0.05, 0) is 50.2 Å². The number of carbonyl (C=O) groups is 2. The second kappa shape index (κ2) is 9.02. The molecule has 2 saturated carbocycles. The zero-order chi connectivity index (χ0) is 24.7. The maximum Gasteiger partial charge on any atom is 0.490 e. The Kier molecular flexibility index (Phi) is 6.42. The highest BCUT2D eigenvalue weighted by atomic mass is 32.2. The Morgan fingerprint density at radius 3 is 2.35 bits per heavy atom. The van der Waals surface area contributed by atoms with Gasteiger partial charge in [0.1, 0.15) is 11.2 Å². The molecule has 1 aromatic heterocycles. The van der Waals surface area contributed by atoms with Gasteiger partial charge in [-0.1, -0.05) is 12.1 Å². The fraction of sp³-hybridized carbons (Fsp3) is 0.476. The van der Waals surface area contributed by atoms with Crippen molar-refractivity contribution >= 4 is 21.9 Å². The summed E-state index contributed by atoms with van der Waals surface area (Å²) in [4.78, 5) is 26.3. The van der Waals surface area contributed by atoms with Gasteiger partial charge >= 0.3 is 12.1 Å². The fourth-order valence-corrected chi connectivity index (χ4v) is 5.40. The Labute approximate surface area is 193 Å². The van der Waals surface area contributed by atoms with E-state index in [1.807, 2.05) is 6.07 Å². The third kappa shape index (κ3) is 4.94. The maximum atomic E-state index is 13.3. The Morgan fingerprint density at radius 1 is 1.15 bits per heavy atom. The molecule has 0 radical (unpaired) electrons. The molecule has 1 amide bonds. The van der Waals surface area contributed by atoms with Crippen molar-refractivity contribution in [3.05, 3.63) is 42.0 Å². The summed E-state index contributed by atoms with van der Waals surface area (Å²) >= 11 is 0. The summed E-state index contributed by atoms with van der Waals surface area (Å²) in [6.45, 7) is 0.659. The fourth-order valence-electron chi connectivity index (χ4n) is 3.74. The van der Waals surface area contributed by atoms with E-state index in [1.165, 1.54) is 4.31 Å². The summed E-state index contributed by atoms with van der Waals surface area (Å²) < 4.78 is 61.5. The van der Waals surface area contributed by atoms with Gasteiger partial charge in [-0.25, -0.2) is 18.2 Å². The van der Waals surface area contributed by atoms with E-state index in [1.54, 1.807) is 29.1 Å². The largest absolute Gasteiger partial charge is 0.490 e. The number of sulfonamides is 1. The first-order chi connectivity index (χ1) is 16.0. The lowest BCUT2D eigenvalue weighted by Gasteiger charge is -2.26. The molecule has 0 unspecified atom stereocenters. The van der Waals surface area contributed by atoms with Crippen LogP contribution in [0.4, 0.5) is 13.2 Å². The molecule has 0 bridgehead atoms. The predicted octanol–water partition coefficient (Wildman–Crippen LogP) is 2.70. The van der Waals surface area contributed by atoms with Crippen LogP contribution in [0.1, 0.15) is 48.3 Å². The van der Waals surface area contributed by atoms with Crippen molar-refractivity contribution in [2.75, 3.05) is 6.54 Å². The van der Waals surface area contributed by atoms with Crippen LogP contribution in [-0.4, -0.2) is 58.0 Å². The lowest BCUT2D eigenvalue weighted by molar-refractivity contribution is -0.192. The van der Waals surface area contributed by atoms with Gasteiger partial charge in [0.2, 0.25) is 10.0 Å². The van der Waals surface area contributed by atoms with Crippen molar-refractivity contribution in [2.24, 2.45) is 5.92 Å². The number of aliphatic carboxylic acids is 1. The van der Waals surface area contributed by atoms with Crippen molar-refractivity contribution in [3.8, 4) is 5.69 Å². The number of carboxylic acid groups (broad SMARTS) is 1. The highest BCUT2D eigenvalue weighted by Gasteiger charge is 2.39. The first-order valence-corrected chi connectivity index (χ1v) is 12.2. The molecule has 1 aliphatic heterocycles. The molecule has 0 saturated heterocycles. The molecule has 5 rings (SSSR count). The molecular formula is C21H23F3N4O5S. The van der Waals surface area contributed by atoms with Gasteiger partial charge in [-0.2, -0.15) is 17.5 Å². The zero-order valence-electron chi connectivity index (χ0n) is 18.0. The molecule has 34 heavy (non-hydrogen) atoms. The summed E-state index contributed by atoms with van der Waals surface area (Å²) in [5.74, 6) is -2.56. The van der Waals surface area contributed by atoms with Crippen molar-refractivity contribution in [2.45, 2.75) is 55.8 Å². The first-order valence-electron chi connectivity index (χ1n) is 10.7. The molecule has 2 aliphatic carbocycles. The number of hydrogen-bond acceptors (Lipinski definition) is 5. The van der Waals surface area contributed by atoms with Gasteiger partial charge in [0.25, 0.3) is 5.91 Å².